The Morgan fingerprint density at radius 2 is 0.600 bits per heavy atom. The summed E-state index contributed by atoms with van der Waals surface area (Å²) in [5.74, 6) is 1.75. The first kappa shape index (κ1) is 66.3. The second kappa shape index (κ2) is 29.8. The molecular formula is C92H88OSi2. The Balaban J connectivity index is 0.000000117. The van der Waals surface area contributed by atoms with Gasteiger partial charge in [0.05, 0.1) is 0 Å². The van der Waals surface area contributed by atoms with Crippen LogP contribution in [0.5, 0.6) is 11.5 Å². The van der Waals surface area contributed by atoms with Gasteiger partial charge in [-0.1, -0.05) is 393 Å². The van der Waals surface area contributed by atoms with Crippen molar-refractivity contribution in [1.29, 1.82) is 0 Å². The molecule has 0 aromatic heterocycles. The summed E-state index contributed by atoms with van der Waals surface area (Å²) >= 11 is 0. The summed E-state index contributed by atoms with van der Waals surface area (Å²) in [6.45, 7) is 22.3. The lowest BCUT2D eigenvalue weighted by molar-refractivity contribution is 0.482. The molecule has 0 amide bonds. The zero-order valence-electron chi connectivity index (χ0n) is 56.9. The van der Waals surface area contributed by atoms with Crippen LogP contribution < -0.4 is 20.3 Å². The van der Waals surface area contributed by atoms with Gasteiger partial charge in [-0.15, -0.1) is 0 Å². The molecule has 0 N–H and O–H groups in total. The van der Waals surface area contributed by atoms with Crippen LogP contribution in [0.2, 0.25) is 6.55 Å². The third kappa shape index (κ3) is 15.4. The van der Waals surface area contributed by atoms with Crippen LogP contribution in [0.15, 0.2) is 350 Å². The first-order chi connectivity index (χ1) is 46.0. The topological polar surface area (TPSA) is 9.23 Å². The second-order valence-electron chi connectivity index (χ2n) is 26.6. The van der Waals surface area contributed by atoms with Crippen molar-refractivity contribution in [2.75, 3.05) is 0 Å². The molecule has 0 fully saturated rings. The zero-order chi connectivity index (χ0) is 66.4. The SMILES string of the molecule is C[Si]1(c2ccccc2)C=CC=C1.Cc1ccc(-c2ccccc2)c(-c2ccccc2)c1.Cc1ccc(Oc2ccccc2)cc1.Cc1ccc([Si]2(c3ccccc3)C=CC=C2)cc1.Cc1ccc2c(c1)-c1ccccc1C2(C)C.Cc1ccc2c(c1)C(C)(C)c1ccccc1-2. The van der Waals surface area contributed by atoms with E-state index in [2.05, 4.69) is 365 Å². The van der Waals surface area contributed by atoms with E-state index in [1.165, 1.54) is 110 Å². The number of fused-ring (bicyclic) bond motifs is 6. The van der Waals surface area contributed by atoms with Gasteiger partial charge in [0.15, 0.2) is 8.07 Å². The molecule has 12 aromatic carbocycles. The Bertz CT molecular complexity index is 4610. The lowest BCUT2D eigenvalue weighted by Gasteiger charge is -2.24. The molecule has 3 heteroatoms. The van der Waals surface area contributed by atoms with Crippen LogP contribution in [0.4, 0.5) is 0 Å². The van der Waals surface area contributed by atoms with E-state index in [1.54, 1.807) is 0 Å². The molecule has 0 atom stereocenters. The van der Waals surface area contributed by atoms with Crippen LogP contribution in [0.1, 0.15) is 77.8 Å². The van der Waals surface area contributed by atoms with Crippen molar-refractivity contribution in [3.63, 3.8) is 0 Å². The summed E-state index contributed by atoms with van der Waals surface area (Å²) in [4.78, 5) is 0. The minimum absolute atomic E-state index is 0.151. The molecule has 95 heavy (non-hydrogen) atoms. The predicted octanol–water partition coefficient (Wildman–Crippen LogP) is 22.7. The van der Waals surface area contributed by atoms with Crippen molar-refractivity contribution >= 4 is 31.7 Å². The summed E-state index contributed by atoms with van der Waals surface area (Å²) in [6, 6.07) is 107. The van der Waals surface area contributed by atoms with Gasteiger partial charge >= 0.3 is 0 Å². The van der Waals surface area contributed by atoms with Crippen LogP contribution in [-0.4, -0.2) is 16.1 Å². The zero-order valence-corrected chi connectivity index (χ0v) is 58.9. The molecular weight excluding hydrogens is 1180 g/mol. The van der Waals surface area contributed by atoms with Crippen molar-refractivity contribution < 1.29 is 4.74 Å². The molecule has 2 aliphatic carbocycles. The third-order valence-electron chi connectivity index (χ3n) is 18.8. The standard InChI is InChI=1S/C19H16.C17H16Si.2C16H16.C13H12O.C11H12Si/c1-15-12-13-18(16-8-4-2-5-9-16)19(14-15)17-10-6-3-7-11-17;1-15-9-11-17(12-10-15)18(13-5-6-14-18)16-7-3-2-4-8-16;1-11-8-9-15-13(10-11)12-6-4-5-7-14(12)16(15,2)3;1-11-8-9-13-12-6-4-5-7-14(12)16(2,3)15(13)10-11;1-11-7-9-13(10-8-11)14-12-5-3-2-4-6-12;1-12(9-5-6-10-12)11-7-3-2-4-8-11/h2-14H,1H3;2-14H,1H3;2*4-10H,1-3H3;2-10H,1H3;2-10H,1H3. The maximum atomic E-state index is 5.63. The average molecular weight is 1270 g/mol. The summed E-state index contributed by atoms with van der Waals surface area (Å²) < 4.78 is 5.63. The van der Waals surface area contributed by atoms with Crippen molar-refractivity contribution in [3.05, 3.63) is 400 Å². The lowest BCUT2D eigenvalue weighted by Crippen LogP contribution is -2.54. The summed E-state index contributed by atoms with van der Waals surface area (Å²) in [7, 11) is -3.09. The van der Waals surface area contributed by atoms with Gasteiger partial charge in [-0.05, 0) is 136 Å². The number of rotatable bonds is 7. The highest BCUT2D eigenvalue weighted by Crippen LogP contribution is 2.50. The molecule has 2 aliphatic heterocycles. The van der Waals surface area contributed by atoms with E-state index in [0.717, 1.165) is 11.5 Å². The Hall–Kier alpha value is -10.2. The number of aryl methyl sites for hydroxylation is 5. The predicted molar refractivity (Wildman–Crippen MR) is 414 cm³/mol. The molecule has 4 aliphatic rings. The second-order valence-corrected chi connectivity index (χ2v) is 34.0. The quantitative estimate of drug-likeness (QED) is 0.145. The number of hydrogen-bond donors (Lipinski definition) is 0. The lowest BCUT2D eigenvalue weighted by atomic mass is 9.82. The Labute approximate surface area is 568 Å². The average Bonchev–Trinajstić information content (AvgIpc) is 1.60. The van der Waals surface area contributed by atoms with Gasteiger partial charge < -0.3 is 4.74 Å². The van der Waals surface area contributed by atoms with Crippen molar-refractivity contribution in [2.45, 2.75) is 79.7 Å². The van der Waals surface area contributed by atoms with Crippen LogP contribution in [0.3, 0.4) is 0 Å². The van der Waals surface area contributed by atoms with Gasteiger partial charge in [-0.2, -0.15) is 0 Å². The van der Waals surface area contributed by atoms with Crippen LogP contribution >= 0.6 is 0 Å². The van der Waals surface area contributed by atoms with E-state index in [4.69, 9.17) is 4.74 Å². The largest absolute Gasteiger partial charge is 0.457 e. The fourth-order valence-electron chi connectivity index (χ4n) is 13.4. The van der Waals surface area contributed by atoms with Crippen molar-refractivity contribution in [2.24, 2.45) is 0 Å². The van der Waals surface area contributed by atoms with Crippen molar-refractivity contribution in [3.8, 4) is 56.0 Å². The minimum Gasteiger partial charge on any atom is -0.457 e. The Morgan fingerprint density at radius 3 is 1.15 bits per heavy atom. The highest BCUT2D eigenvalue weighted by molar-refractivity contribution is 7.10. The van der Waals surface area contributed by atoms with E-state index < -0.39 is 16.1 Å². The van der Waals surface area contributed by atoms with Gasteiger partial charge in [-0.3, -0.25) is 0 Å². The molecule has 0 saturated heterocycles. The molecule has 12 aromatic rings. The third-order valence-corrected chi connectivity index (χ3v) is 26.2. The molecule has 0 saturated carbocycles. The number of hydrogen-bond acceptors (Lipinski definition) is 1. The molecule has 0 radical (unpaired) electrons. The first-order valence-corrected chi connectivity index (χ1v) is 38.2. The monoisotopic (exact) mass is 1260 g/mol. The van der Waals surface area contributed by atoms with E-state index in [0.29, 0.717) is 0 Å². The van der Waals surface area contributed by atoms with E-state index >= 15 is 0 Å². The van der Waals surface area contributed by atoms with Crippen LogP contribution in [-0.2, 0) is 10.8 Å². The highest BCUT2D eigenvalue weighted by Gasteiger charge is 2.37. The normalized spacial score (nSPS) is 14.2. The number of benzene rings is 12. The molecule has 2 heterocycles. The maximum absolute atomic E-state index is 5.63. The van der Waals surface area contributed by atoms with Crippen LogP contribution in [0.25, 0.3) is 44.5 Å². The van der Waals surface area contributed by atoms with E-state index in [-0.39, 0.29) is 10.8 Å². The summed E-state index contributed by atoms with van der Waals surface area (Å²) in [5, 5.41) is 4.41. The summed E-state index contributed by atoms with van der Waals surface area (Å²) in [6.07, 6.45) is 8.72. The van der Waals surface area contributed by atoms with Crippen LogP contribution in [0, 0.1) is 34.6 Å². The molecule has 0 unspecified atom stereocenters. The van der Waals surface area contributed by atoms with Gasteiger partial charge in [0, 0.05) is 10.8 Å². The number of ether oxygens (including phenoxy) is 1. The molecule has 1 nitrogen and oxygen atoms in total. The van der Waals surface area contributed by atoms with E-state index in [9.17, 15) is 0 Å². The molecule has 0 bridgehead atoms. The smallest absolute Gasteiger partial charge is 0.165 e. The molecule has 470 valence electrons. The highest BCUT2D eigenvalue weighted by atomic mass is 28.3. The Morgan fingerprint density at radius 1 is 0.253 bits per heavy atom. The van der Waals surface area contributed by atoms with E-state index in [1.807, 2.05) is 54.6 Å². The number of allylic oxidation sites excluding steroid dienone is 4. The van der Waals surface area contributed by atoms with Gasteiger partial charge in [0.25, 0.3) is 0 Å². The Kier molecular flexibility index (Phi) is 20.8. The molecule has 0 spiro atoms. The first-order valence-electron chi connectivity index (χ1n) is 33.4. The van der Waals surface area contributed by atoms with Crippen molar-refractivity contribution in [1.82, 2.24) is 0 Å². The maximum Gasteiger partial charge on any atom is 0.165 e. The van der Waals surface area contributed by atoms with Gasteiger partial charge in [0.1, 0.15) is 19.6 Å². The van der Waals surface area contributed by atoms with Gasteiger partial charge in [-0.25, -0.2) is 0 Å². The van der Waals surface area contributed by atoms with Gasteiger partial charge in [0.2, 0.25) is 0 Å². The fraction of sp³-hybridized carbons (Fsp3) is 0.130. The number of para-hydroxylation sites is 1. The summed E-state index contributed by atoms with van der Waals surface area (Å²) in [5.41, 5.74) is 33.0. The minimum atomic E-state index is -1.77. The fourth-order valence-corrected chi connectivity index (χ4v) is 19.3. The molecule has 16 rings (SSSR count).